The molecule has 6 bridgehead atoms. The van der Waals surface area contributed by atoms with E-state index in [9.17, 15) is 14.4 Å². The van der Waals surface area contributed by atoms with Crippen molar-refractivity contribution in [2.24, 2.45) is 11.3 Å². The molecule has 62 heavy (non-hydrogen) atoms. The standard InChI is InChI=1S/C47H63N9O5S/c1-8-55-39-12-11-30-22-33(39)35(42(55)34-23-32(26-48-41(34)29(2)60-7)54-20-18-52(5)19-21-54)25-46(3,4)28-61-44(58)36-10-9-16-56(51-36)43(57)37(24-40-49-38(30)27-62-40)50-45(59)47-15-13-31(47)14-17-53(47)6/h11-12,22-23,26-27,29,31,36-37,51H,8-10,13-21,24-25,28H2,1-7H3,(H,50,59)/t29-,31-,36-,37-,47-/m0/s1. The van der Waals surface area contributed by atoms with E-state index in [0.29, 0.717) is 31.7 Å². The van der Waals surface area contributed by atoms with Gasteiger partial charge in [0.25, 0.3) is 5.91 Å². The molecular weight excluding hydrogens is 803 g/mol. The summed E-state index contributed by atoms with van der Waals surface area (Å²) in [6, 6.07) is 7.33. The SMILES string of the molecule is CCn1c(-c2cc(N3CCN(C)CC3)cnc2[C@H](C)OC)c2c3cc(ccc31)-c1csc(n1)C[C@H](NC(=O)[C@]13CC[C@H]1CCN3C)C(=O)N1CCC[C@H](N1)C(=O)OCC(C)(C)C2. The van der Waals surface area contributed by atoms with Crippen LogP contribution in [-0.2, 0) is 43.2 Å². The van der Waals surface area contributed by atoms with Crippen molar-refractivity contribution in [3.05, 3.63) is 52.1 Å². The van der Waals surface area contributed by atoms with E-state index >= 15 is 0 Å². The van der Waals surface area contributed by atoms with Crippen LogP contribution < -0.4 is 15.6 Å². The monoisotopic (exact) mass is 865 g/mol. The third-order valence-electron chi connectivity index (χ3n) is 14.5. The maximum atomic E-state index is 14.5. The number of methoxy groups -OCH3 is 1. The Balaban J connectivity index is 1.16. The molecule has 9 rings (SSSR count). The Morgan fingerprint density at radius 2 is 1.89 bits per heavy atom. The first-order valence-electron chi connectivity index (χ1n) is 22.6. The number of fused-ring (bicyclic) bond motifs is 7. The molecule has 3 aromatic heterocycles. The Kier molecular flexibility index (Phi) is 11.7. The highest BCUT2D eigenvalue weighted by Crippen LogP contribution is 2.50. The predicted molar refractivity (Wildman–Crippen MR) is 242 cm³/mol. The minimum Gasteiger partial charge on any atom is -0.464 e. The number of piperazine rings is 1. The van der Waals surface area contributed by atoms with Gasteiger partial charge in [-0.3, -0.25) is 29.3 Å². The predicted octanol–water partition coefficient (Wildman–Crippen LogP) is 5.44. The van der Waals surface area contributed by atoms with Gasteiger partial charge >= 0.3 is 5.97 Å². The van der Waals surface area contributed by atoms with Gasteiger partial charge in [-0.2, -0.15) is 0 Å². The Morgan fingerprint density at radius 1 is 1.08 bits per heavy atom. The number of hydrogen-bond donors (Lipinski definition) is 2. The lowest BCUT2D eigenvalue weighted by molar-refractivity contribution is -0.156. The van der Waals surface area contributed by atoms with E-state index in [1.807, 2.05) is 13.2 Å². The molecular formula is C47H63N9O5S. The van der Waals surface area contributed by atoms with Crippen molar-refractivity contribution in [1.29, 1.82) is 0 Å². The molecule has 7 heterocycles. The molecule has 332 valence electrons. The van der Waals surface area contributed by atoms with Crippen molar-refractivity contribution in [3.63, 3.8) is 0 Å². The molecule has 4 aromatic rings. The Labute approximate surface area is 369 Å². The number of nitrogens with one attached hydrogen (secondary N) is 2. The smallest absolute Gasteiger partial charge is 0.324 e. The minimum absolute atomic E-state index is 0.0947. The van der Waals surface area contributed by atoms with Crippen LogP contribution in [0.5, 0.6) is 0 Å². The molecule has 5 atom stereocenters. The first-order valence-corrected chi connectivity index (χ1v) is 23.5. The fourth-order valence-corrected chi connectivity index (χ4v) is 11.5. The van der Waals surface area contributed by atoms with E-state index in [-0.39, 0.29) is 36.9 Å². The molecule has 14 nitrogen and oxygen atoms in total. The number of likely N-dealkylation sites (tertiary alicyclic amines) is 1. The van der Waals surface area contributed by atoms with Crippen LogP contribution in [0.3, 0.4) is 0 Å². The number of carbonyl (C=O) groups excluding carboxylic acids is 3. The van der Waals surface area contributed by atoms with Gasteiger partial charge in [0.05, 0.1) is 46.7 Å². The quantitative estimate of drug-likeness (QED) is 0.230. The van der Waals surface area contributed by atoms with Crippen LogP contribution >= 0.6 is 11.3 Å². The molecule has 3 saturated heterocycles. The summed E-state index contributed by atoms with van der Waals surface area (Å²) in [6.07, 6.45) is 6.55. The zero-order chi connectivity index (χ0) is 43.5. The lowest BCUT2D eigenvalue weighted by atomic mass is 9.66. The van der Waals surface area contributed by atoms with Gasteiger partial charge in [-0.1, -0.05) is 19.9 Å². The van der Waals surface area contributed by atoms with Crippen LogP contribution in [0.25, 0.3) is 33.4 Å². The Morgan fingerprint density at radius 3 is 2.61 bits per heavy atom. The van der Waals surface area contributed by atoms with Gasteiger partial charge in [-0.15, -0.1) is 11.3 Å². The summed E-state index contributed by atoms with van der Waals surface area (Å²) < 4.78 is 14.6. The third-order valence-corrected chi connectivity index (χ3v) is 15.4. The van der Waals surface area contributed by atoms with Crippen molar-refractivity contribution in [3.8, 4) is 22.5 Å². The van der Waals surface area contributed by atoms with Crippen molar-refractivity contribution in [2.45, 2.75) is 103 Å². The summed E-state index contributed by atoms with van der Waals surface area (Å²) in [5, 5.41) is 8.67. The van der Waals surface area contributed by atoms with Gasteiger partial charge in [-0.25, -0.2) is 10.4 Å². The Bertz CT molecular complexity index is 2340. The number of aromatic nitrogens is 3. The highest BCUT2D eigenvalue weighted by Gasteiger charge is 2.59. The molecule has 1 saturated carbocycles. The van der Waals surface area contributed by atoms with Gasteiger partial charge in [0.15, 0.2) is 0 Å². The van der Waals surface area contributed by atoms with E-state index in [1.165, 1.54) is 16.3 Å². The van der Waals surface area contributed by atoms with E-state index in [4.69, 9.17) is 19.4 Å². The first kappa shape index (κ1) is 42.9. The average molecular weight is 866 g/mol. The van der Waals surface area contributed by atoms with Crippen molar-refractivity contribution < 1.29 is 23.9 Å². The largest absolute Gasteiger partial charge is 0.464 e. The number of pyridine rings is 1. The lowest BCUT2D eigenvalue weighted by Crippen LogP contribution is -2.66. The molecule has 2 N–H and O–H groups in total. The molecule has 2 amide bonds. The van der Waals surface area contributed by atoms with Crippen LogP contribution in [0.4, 0.5) is 5.69 Å². The number of likely N-dealkylation sites (N-methyl/N-ethyl adjacent to an activating group) is 2. The third kappa shape index (κ3) is 7.71. The minimum atomic E-state index is -0.861. The number of hydrogen-bond acceptors (Lipinski definition) is 12. The molecule has 4 fully saturated rings. The Hall–Kier alpha value is -4.41. The van der Waals surface area contributed by atoms with Crippen LogP contribution in [0.2, 0.25) is 0 Å². The number of thiazole rings is 1. The maximum absolute atomic E-state index is 14.5. The number of amides is 2. The van der Waals surface area contributed by atoms with Gasteiger partial charge < -0.3 is 29.2 Å². The first-order chi connectivity index (χ1) is 29.8. The molecule has 0 radical (unpaired) electrons. The molecule has 0 spiro atoms. The van der Waals surface area contributed by atoms with Crippen molar-refractivity contribution in [1.82, 2.24) is 40.1 Å². The summed E-state index contributed by atoms with van der Waals surface area (Å²) in [5.41, 5.74) is 10.3. The molecule has 1 aromatic carbocycles. The highest BCUT2D eigenvalue weighted by atomic mass is 32.1. The zero-order valence-corrected chi connectivity index (χ0v) is 38.3. The number of hydrazine groups is 1. The van der Waals surface area contributed by atoms with Crippen LogP contribution in [0.15, 0.2) is 35.8 Å². The summed E-state index contributed by atoms with van der Waals surface area (Å²) in [4.78, 5) is 59.9. The fourth-order valence-electron chi connectivity index (χ4n) is 10.6. The fraction of sp³-hybridized carbons (Fsp3) is 0.596. The molecule has 4 aliphatic heterocycles. The second kappa shape index (κ2) is 16.9. The van der Waals surface area contributed by atoms with Gasteiger partial charge in [0, 0.05) is 85.6 Å². The second-order valence-corrected chi connectivity index (χ2v) is 20.0. The van der Waals surface area contributed by atoms with E-state index in [0.717, 1.165) is 114 Å². The zero-order valence-electron chi connectivity index (χ0n) is 37.5. The molecule has 15 heteroatoms. The maximum Gasteiger partial charge on any atom is 0.324 e. The summed E-state index contributed by atoms with van der Waals surface area (Å²) in [7, 11) is 5.92. The molecule has 1 aliphatic carbocycles. The van der Waals surface area contributed by atoms with Crippen LogP contribution in [0.1, 0.15) is 82.2 Å². The summed E-state index contributed by atoms with van der Waals surface area (Å²) in [6.45, 7) is 14.5. The number of benzene rings is 1. The van der Waals surface area contributed by atoms with E-state index in [1.54, 1.807) is 7.11 Å². The summed E-state index contributed by atoms with van der Waals surface area (Å²) >= 11 is 1.50. The van der Waals surface area contributed by atoms with Gasteiger partial charge in [-0.05, 0) is 103 Å². The van der Waals surface area contributed by atoms with E-state index < -0.39 is 23.0 Å². The van der Waals surface area contributed by atoms with Crippen LogP contribution in [-0.4, -0.2) is 132 Å². The van der Waals surface area contributed by atoms with E-state index in [2.05, 4.69) is 94.4 Å². The number of carbonyl (C=O) groups is 3. The molecule has 5 aliphatic rings. The lowest BCUT2D eigenvalue weighted by Gasteiger charge is -2.48. The van der Waals surface area contributed by atoms with Gasteiger partial charge in [0.1, 0.15) is 17.6 Å². The number of nitrogens with zero attached hydrogens (tertiary/aromatic N) is 7. The topological polar surface area (TPSA) is 137 Å². The number of rotatable bonds is 7. The van der Waals surface area contributed by atoms with Gasteiger partial charge in [0.2, 0.25) is 5.91 Å². The highest BCUT2D eigenvalue weighted by molar-refractivity contribution is 7.10. The van der Waals surface area contributed by atoms with Crippen molar-refractivity contribution >= 4 is 45.7 Å². The second-order valence-electron chi connectivity index (χ2n) is 19.1. The summed E-state index contributed by atoms with van der Waals surface area (Å²) in [5.74, 6) is -0.457. The molecule has 0 unspecified atom stereocenters. The number of ether oxygens (including phenoxy) is 2. The average Bonchev–Trinajstić information content (AvgIpc) is 3.92. The number of cyclic esters (lactones) is 1. The number of anilines is 1. The number of esters is 1. The normalized spacial score (nSPS) is 26.5. The number of aryl methyl sites for hydroxylation is 1. The van der Waals surface area contributed by atoms with Crippen LogP contribution in [0, 0.1) is 11.3 Å². The van der Waals surface area contributed by atoms with Crippen molar-refractivity contribution in [2.75, 3.05) is 72.0 Å².